The van der Waals surface area contributed by atoms with Crippen molar-refractivity contribution in [2.75, 3.05) is 12.3 Å². The number of aromatic amines is 1. The Morgan fingerprint density at radius 1 is 1.73 bits per heavy atom. The fraction of sp³-hybridized carbons (Fsp3) is 0.375. The molecule has 0 bridgehead atoms. The van der Waals surface area contributed by atoms with Crippen LogP contribution in [0.2, 0.25) is 0 Å². The zero-order valence-electron chi connectivity index (χ0n) is 8.14. The fourth-order valence-electron chi connectivity index (χ4n) is 1.39. The van der Waals surface area contributed by atoms with E-state index in [0.29, 0.717) is 5.52 Å². The SMILES string of the molecule is C[C@@H](CO)n1cnc2nc(N)[nH]c(=O)c21. The fourth-order valence-corrected chi connectivity index (χ4v) is 1.39. The van der Waals surface area contributed by atoms with Gasteiger partial charge in [0.15, 0.2) is 11.2 Å². The molecular formula is C8H11N5O2. The van der Waals surface area contributed by atoms with Gasteiger partial charge in [-0.05, 0) is 6.92 Å². The zero-order valence-corrected chi connectivity index (χ0v) is 8.14. The highest BCUT2D eigenvalue weighted by Gasteiger charge is 2.12. The average Bonchev–Trinajstić information content (AvgIpc) is 2.60. The lowest BCUT2D eigenvalue weighted by Gasteiger charge is -2.09. The highest BCUT2D eigenvalue weighted by molar-refractivity contribution is 5.70. The molecule has 7 heteroatoms. The Morgan fingerprint density at radius 3 is 3.13 bits per heavy atom. The molecule has 1 atom stereocenters. The number of aliphatic hydroxyl groups excluding tert-OH is 1. The maximum absolute atomic E-state index is 11.6. The summed E-state index contributed by atoms with van der Waals surface area (Å²) in [5.74, 6) is 0.0365. The molecule has 0 unspecified atom stereocenters. The van der Waals surface area contributed by atoms with E-state index in [1.165, 1.54) is 6.33 Å². The molecule has 7 nitrogen and oxygen atoms in total. The quantitative estimate of drug-likeness (QED) is 0.603. The van der Waals surface area contributed by atoms with Gasteiger partial charge in [-0.2, -0.15) is 4.98 Å². The van der Waals surface area contributed by atoms with Crippen LogP contribution in [-0.4, -0.2) is 31.2 Å². The summed E-state index contributed by atoms with van der Waals surface area (Å²) in [6.45, 7) is 1.70. The van der Waals surface area contributed by atoms with Crippen LogP contribution in [0.4, 0.5) is 5.95 Å². The van der Waals surface area contributed by atoms with Crippen LogP contribution in [0.25, 0.3) is 11.2 Å². The van der Waals surface area contributed by atoms with Crippen molar-refractivity contribution in [1.82, 2.24) is 19.5 Å². The van der Waals surface area contributed by atoms with Crippen molar-refractivity contribution in [2.24, 2.45) is 0 Å². The van der Waals surface area contributed by atoms with Crippen molar-refractivity contribution in [3.05, 3.63) is 16.7 Å². The number of H-pyrrole nitrogens is 1. The number of fused-ring (bicyclic) bond motifs is 1. The number of hydrogen-bond acceptors (Lipinski definition) is 5. The first-order chi connectivity index (χ1) is 7.13. The number of nitrogens with two attached hydrogens (primary N) is 1. The van der Waals surface area contributed by atoms with E-state index >= 15 is 0 Å². The summed E-state index contributed by atoms with van der Waals surface area (Å²) in [5.41, 5.74) is 5.64. The topological polar surface area (TPSA) is 110 Å². The molecule has 0 aliphatic rings. The monoisotopic (exact) mass is 209 g/mol. The predicted molar refractivity (Wildman–Crippen MR) is 54.4 cm³/mol. The lowest BCUT2D eigenvalue weighted by molar-refractivity contribution is 0.241. The number of imidazole rings is 1. The van der Waals surface area contributed by atoms with Crippen LogP contribution >= 0.6 is 0 Å². The summed E-state index contributed by atoms with van der Waals surface area (Å²) in [6.07, 6.45) is 1.47. The summed E-state index contributed by atoms with van der Waals surface area (Å²) in [6, 6.07) is -0.221. The van der Waals surface area contributed by atoms with Crippen molar-refractivity contribution >= 4 is 17.1 Å². The van der Waals surface area contributed by atoms with Crippen LogP contribution in [0.5, 0.6) is 0 Å². The largest absolute Gasteiger partial charge is 0.394 e. The number of aliphatic hydroxyl groups is 1. The van der Waals surface area contributed by atoms with Gasteiger partial charge < -0.3 is 15.4 Å². The molecule has 0 spiro atoms. The van der Waals surface area contributed by atoms with E-state index in [-0.39, 0.29) is 29.8 Å². The van der Waals surface area contributed by atoms with Gasteiger partial charge in [0.25, 0.3) is 5.56 Å². The van der Waals surface area contributed by atoms with Gasteiger partial charge in [-0.3, -0.25) is 9.78 Å². The second kappa shape index (κ2) is 3.35. The van der Waals surface area contributed by atoms with Crippen molar-refractivity contribution in [1.29, 1.82) is 0 Å². The molecular weight excluding hydrogens is 198 g/mol. The Bertz CT molecular complexity index is 543. The summed E-state index contributed by atoms with van der Waals surface area (Å²) in [7, 11) is 0. The molecule has 0 amide bonds. The van der Waals surface area contributed by atoms with E-state index < -0.39 is 0 Å². The van der Waals surface area contributed by atoms with Gasteiger partial charge in [-0.15, -0.1) is 0 Å². The molecule has 2 rings (SSSR count). The van der Waals surface area contributed by atoms with Crippen LogP contribution < -0.4 is 11.3 Å². The van der Waals surface area contributed by atoms with Crippen molar-refractivity contribution < 1.29 is 5.11 Å². The van der Waals surface area contributed by atoms with E-state index in [1.807, 2.05) is 0 Å². The number of anilines is 1. The van der Waals surface area contributed by atoms with Crippen LogP contribution in [0, 0.1) is 0 Å². The Kier molecular flexibility index (Phi) is 2.16. The number of rotatable bonds is 2. The Hall–Kier alpha value is -1.89. The molecule has 2 aromatic heterocycles. The molecule has 0 fully saturated rings. The number of nitrogens with zero attached hydrogens (tertiary/aromatic N) is 3. The first-order valence-electron chi connectivity index (χ1n) is 4.46. The van der Waals surface area contributed by atoms with E-state index in [9.17, 15) is 4.79 Å². The van der Waals surface area contributed by atoms with E-state index in [4.69, 9.17) is 10.8 Å². The molecule has 80 valence electrons. The first-order valence-corrected chi connectivity index (χ1v) is 4.46. The number of nitrogens with one attached hydrogen (secondary N) is 1. The zero-order chi connectivity index (χ0) is 11.0. The van der Waals surface area contributed by atoms with Crippen LogP contribution in [0.15, 0.2) is 11.1 Å². The van der Waals surface area contributed by atoms with Gasteiger partial charge in [0.05, 0.1) is 19.0 Å². The summed E-state index contributed by atoms with van der Waals surface area (Å²) in [4.78, 5) is 21.8. The predicted octanol–water partition coefficient (Wildman–Crippen LogP) is -0.745. The van der Waals surface area contributed by atoms with Gasteiger partial charge in [0.2, 0.25) is 5.95 Å². The molecule has 0 saturated heterocycles. The van der Waals surface area contributed by atoms with Gasteiger partial charge in [0, 0.05) is 0 Å². The Morgan fingerprint density at radius 2 is 2.47 bits per heavy atom. The Balaban J connectivity index is 2.75. The van der Waals surface area contributed by atoms with Crippen molar-refractivity contribution in [3.63, 3.8) is 0 Å². The smallest absolute Gasteiger partial charge is 0.278 e. The van der Waals surface area contributed by atoms with Gasteiger partial charge in [0.1, 0.15) is 0 Å². The van der Waals surface area contributed by atoms with Gasteiger partial charge in [-0.25, -0.2) is 4.98 Å². The van der Waals surface area contributed by atoms with Gasteiger partial charge >= 0.3 is 0 Å². The number of aromatic nitrogens is 4. The van der Waals surface area contributed by atoms with Crippen molar-refractivity contribution in [2.45, 2.75) is 13.0 Å². The molecule has 4 N–H and O–H groups in total. The third kappa shape index (κ3) is 1.46. The van der Waals surface area contributed by atoms with E-state index in [2.05, 4.69) is 15.0 Å². The highest BCUT2D eigenvalue weighted by Crippen LogP contribution is 2.12. The highest BCUT2D eigenvalue weighted by atomic mass is 16.3. The minimum atomic E-state index is -0.352. The van der Waals surface area contributed by atoms with E-state index in [0.717, 1.165) is 0 Å². The van der Waals surface area contributed by atoms with Crippen LogP contribution in [0.3, 0.4) is 0 Å². The second-order valence-electron chi connectivity index (χ2n) is 3.31. The maximum Gasteiger partial charge on any atom is 0.278 e. The lowest BCUT2D eigenvalue weighted by Crippen LogP contribution is -2.17. The molecule has 0 saturated carbocycles. The number of nitrogen functional groups attached to an aromatic ring is 1. The molecule has 0 aliphatic heterocycles. The second-order valence-corrected chi connectivity index (χ2v) is 3.31. The third-order valence-electron chi connectivity index (χ3n) is 2.20. The van der Waals surface area contributed by atoms with Crippen LogP contribution in [-0.2, 0) is 0 Å². The Labute approximate surface area is 84.6 Å². The third-order valence-corrected chi connectivity index (χ3v) is 2.20. The average molecular weight is 209 g/mol. The van der Waals surface area contributed by atoms with Crippen LogP contribution in [0.1, 0.15) is 13.0 Å². The molecule has 2 heterocycles. The number of hydrogen-bond donors (Lipinski definition) is 3. The maximum atomic E-state index is 11.6. The lowest BCUT2D eigenvalue weighted by atomic mass is 10.3. The molecule has 0 aliphatic carbocycles. The van der Waals surface area contributed by atoms with Gasteiger partial charge in [-0.1, -0.05) is 0 Å². The normalized spacial score (nSPS) is 13.2. The minimum Gasteiger partial charge on any atom is -0.394 e. The molecule has 0 radical (unpaired) electrons. The van der Waals surface area contributed by atoms with Crippen molar-refractivity contribution in [3.8, 4) is 0 Å². The standard InChI is InChI=1S/C8H11N5O2/c1-4(2-14)13-3-10-6-5(13)7(15)12-8(9)11-6/h3-4,14H,2H2,1H3,(H3,9,11,12,15)/t4-/m0/s1. The summed E-state index contributed by atoms with van der Waals surface area (Å²) >= 11 is 0. The van der Waals surface area contributed by atoms with E-state index in [1.54, 1.807) is 11.5 Å². The molecule has 2 aromatic rings. The summed E-state index contributed by atoms with van der Waals surface area (Å²) < 4.78 is 1.57. The molecule has 15 heavy (non-hydrogen) atoms. The molecule has 0 aromatic carbocycles. The summed E-state index contributed by atoms with van der Waals surface area (Å²) in [5, 5.41) is 9.01. The minimum absolute atomic E-state index is 0.0365. The first kappa shape index (κ1) is 9.66.